The summed E-state index contributed by atoms with van der Waals surface area (Å²) in [7, 11) is 0. The first-order chi connectivity index (χ1) is 5.41. The number of thioether (sulfide) groups is 1. The van der Waals surface area contributed by atoms with Crippen LogP contribution in [0.3, 0.4) is 0 Å². The molecule has 1 rings (SSSR count). The molecule has 0 bridgehead atoms. The number of amides is 1. The normalized spacial score (nSPS) is 30.6. The van der Waals surface area contributed by atoms with Crippen LogP contribution < -0.4 is 5.73 Å². The highest BCUT2D eigenvalue weighted by molar-refractivity contribution is 8.01. The van der Waals surface area contributed by atoms with Crippen molar-refractivity contribution in [2.45, 2.75) is 29.5 Å². The zero-order chi connectivity index (χ0) is 9.35. The molecule has 0 radical (unpaired) electrons. The van der Waals surface area contributed by atoms with Crippen LogP contribution in [0.5, 0.6) is 0 Å². The molecular weight excluding hydrogens is 191 g/mol. The molecule has 0 aromatic carbocycles. The van der Waals surface area contributed by atoms with Gasteiger partial charge in [0.2, 0.25) is 5.91 Å². The highest BCUT2D eigenvalue weighted by atomic mass is 32.2. The molecule has 0 spiro atoms. The van der Waals surface area contributed by atoms with E-state index in [9.17, 15) is 18.0 Å². The smallest absolute Gasteiger partial charge is 0.369 e. The fourth-order valence-corrected chi connectivity index (χ4v) is 2.32. The molecule has 0 aromatic heterocycles. The third kappa shape index (κ3) is 2.06. The first-order valence-electron chi connectivity index (χ1n) is 3.42. The lowest BCUT2D eigenvalue weighted by Crippen LogP contribution is -2.26. The van der Waals surface area contributed by atoms with Gasteiger partial charge in [-0.3, -0.25) is 4.79 Å². The summed E-state index contributed by atoms with van der Waals surface area (Å²) in [4.78, 5) is 10.5. The maximum absolute atomic E-state index is 12.0. The minimum Gasteiger partial charge on any atom is -0.369 e. The van der Waals surface area contributed by atoms with E-state index in [0.29, 0.717) is 11.8 Å². The molecule has 2 atom stereocenters. The first-order valence-corrected chi connectivity index (χ1v) is 4.37. The molecule has 12 heavy (non-hydrogen) atoms. The Morgan fingerprint density at radius 3 is 2.25 bits per heavy atom. The third-order valence-corrected chi connectivity index (χ3v) is 3.33. The second kappa shape index (κ2) is 3.16. The SMILES string of the molecule is NC(=O)C1CCC(C(F)(F)F)S1. The van der Waals surface area contributed by atoms with Crippen LogP contribution in [0, 0.1) is 0 Å². The summed E-state index contributed by atoms with van der Waals surface area (Å²) >= 11 is 0.626. The molecule has 2 unspecified atom stereocenters. The molecular formula is C6H8F3NOS. The molecule has 1 aliphatic rings. The minimum atomic E-state index is -4.20. The van der Waals surface area contributed by atoms with Crippen molar-refractivity contribution in [2.75, 3.05) is 0 Å². The van der Waals surface area contributed by atoms with Crippen LogP contribution in [-0.4, -0.2) is 22.6 Å². The number of hydrogen-bond donors (Lipinski definition) is 1. The zero-order valence-electron chi connectivity index (χ0n) is 6.10. The van der Waals surface area contributed by atoms with E-state index in [4.69, 9.17) is 5.73 Å². The van der Waals surface area contributed by atoms with Crippen LogP contribution in [0.4, 0.5) is 13.2 Å². The van der Waals surface area contributed by atoms with Gasteiger partial charge in [0, 0.05) is 0 Å². The number of carbonyl (C=O) groups is 1. The topological polar surface area (TPSA) is 43.1 Å². The molecule has 1 aliphatic heterocycles. The van der Waals surface area contributed by atoms with Gasteiger partial charge in [0.25, 0.3) is 0 Å². The molecule has 0 aromatic rings. The zero-order valence-corrected chi connectivity index (χ0v) is 6.91. The monoisotopic (exact) mass is 199 g/mol. The van der Waals surface area contributed by atoms with Crippen molar-refractivity contribution in [1.82, 2.24) is 0 Å². The number of nitrogens with two attached hydrogens (primary N) is 1. The predicted octanol–water partition coefficient (Wildman–Crippen LogP) is 1.30. The molecule has 0 saturated carbocycles. The average molecular weight is 199 g/mol. The van der Waals surface area contributed by atoms with Crippen molar-refractivity contribution in [2.24, 2.45) is 5.73 Å². The summed E-state index contributed by atoms with van der Waals surface area (Å²) in [5.41, 5.74) is 4.88. The predicted molar refractivity (Wildman–Crippen MR) is 39.7 cm³/mol. The molecule has 1 amide bonds. The van der Waals surface area contributed by atoms with Crippen LogP contribution in [-0.2, 0) is 4.79 Å². The van der Waals surface area contributed by atoms with E-state index in [1.807, 2.05) is 0 Å². The Bertz CT molecular complexity index is 194. The first kappa shape index (κ1) is 9.70. The lowest BCUT2D eigenvalue weighted by molar-refractivity contribution is -0.128. The van der Waals surface area contributed by atoms with Gasteiger partial charge in [-0.05, 0) is 12.8 Å². The molecule has 1 saturated heterocycles. The average Bonchev–Trinajstić information content (AvgIpc) is 2.30. The Hall–Kier alpha value is -0.390. The van der Waals surface area contributed by atoms with Crippen molar-refractivity contribution in [3.8, 4) is 0 Å². The van der Waals surface area contributed by atoms with Crippen LogP contribution in [0.1, 0.15) is 12.8 Å². The van der Waals surface area contributed by atoms with Crippen molar-refractivity contribution >= 4 is 17.7 Å². The Balaban J connectivity index is 2.51. The highest BCUT2D eigenvalue weighted by Crippen LogP contribution is 2.42. The number of rotatable bonds is 1. The van der Waals surface area contributed by atoms with Crippen molar-refractivity contribution < 1.29 is 18.0 Å². The Morgan fingerprint density at radius 2 is 2.00 bits per heavy atom. The summed E-state index contributed by atoms with van der Waals surface area (Å²) in [6.07, 6.45) is -3.96. The molecule has 2 N–H and O–H groups in total. The lowest BCUT2D eigenvalue weighted by Gasteiger charge is -2.12. The van der Waals surface area contributed by atoms with Crippen molar-refractivity contribution in [3.05, 3.63) is 0 Å². The van der Waals surface area contributed by atoms with Crippen LogP contribution in [0.15, 0.2) is 0 Å². The largest absolute Gasteiger partial charge is 0.400 e. The van der Waals surface area contributed by atoms with E-state index in [1.165, 1.54) is 0 Å². The summed E-state index contributed by atoms with van der Waals surface area (Å²) in [5.74, 6) is -0.647. The molecule has 2 nitrogen and oxygen atoms in total. The van der Waals surface area contributed by atoms with E-state index in [0.717, 1.165) is 0 Å². The van der Waals surface area contributed by atoms with Crippen LogP contribution >= 0.6 is 11.8 Å². The minimum absolute atomic E-state index is 0.00176. The van der Waals surface area contributed by atoms with Gasteiger partial charge >= 0.3 is 6.18 Å². The fraction of sp³-hybridized carbons (Fsp3) is 0.833. The van der Waals surface area contributed by atoms with Crippen LogP contribution in [0.25, 0.3) is 0 Å². The molecule has 6 heteroatoms. The van der Waals surface area contributed by atoms with Gasteiger partial charge in [0.1, 0.15) is 5.25 Å². The number of primary amides is 1. The van der Waals surface area contributed by atoms with Gasteiger partial charge in [-0.15, -0.1) is 11.8 Å². The van der Waals surface area contributed by atoms with Gasteiger partial charge in [-0.1, -0.05) is 0 Å². The number of carbonyl (C=O) groups excluding carboxylic acids is 1. The maximum atomic E-state index is 12.0. The number of hydrogen-bond acceptors (Lipinski definition) is 2. The molecule has 1 heterocycles. The Kier molecular flexibility index (Phi) is 2.55. The van der Waals surface area contributed by atoms with E-state index < -0.39 is 22.6 Å². The van der Waals surface area contributed by atoms with E-state index in [-0.39, 0.29) is 12.8 Å². The maximum Gasteiger partial charge on any atom is 0.400 e. The molecule has 0 aliphatic carbocycles. The van der Waals surface area contributed by atoms with Crippen molar-refractivity contribution in [1.29, 1.82) is 0 Å². The quantitative estimate of drug-likeness (QED) is 0.691. The van der Waals surface area contributed by atoms with Gasteiger partial charge in [-0.2, -0.15) is 13.2 Å². The summed E-state index contributed by atoms with van der Waals surface area (Å²) in [5, 5.41) is -2.06. The van der Waals surface area contributed by atoms with Gasteiger partial charge in [-0.25, -0.2) is 0 Å². The van der Waals surface area contributed by atoms with Crippen LogP contribution in [0.2, 0.25) is 0 Å². The van der Waals surface area contributed by atoms with Gasteiger partial charge < -0.3 is 5.73 Å². The summed E-state index contributed by atoms with van der Waals surface area (Å²) in [6, 6.07) is 0. The lowest BCUT2D eigenvalue weighted by atomic mass is 10.2. The fourth-order valence-electron chi connectivity index (χ4n) is 1.09. The van der Waals surface area contributed by atoms with Gasteiger partial charge in [0.05, 0.1) is 5.25 Å². The van der Waals surface area contributed by atoms with Crippen molar-refractivity contribution in [3.63, 3.8) is 0 Å². The summed E-state index contributed by atoms with van der Waals surface area (Å²) < 4.78 is 36.1. The standard InChI is InChI=1S/C6H8F3NOS/c7-6(8,9)4-2-1-3(12-4)5(10)11/h3-4H,1-2H2,(H2,10,11). The van der Waals surface area contributed by atoms with E-state index >= 15 is 0 Å². The summed E-state index contributed by atoms with van der Waals surface area (Å²) in [6.45, 7) is 0. The number of halogens is 3. The molecule has 1 fully saturated rings. The third-order valence-electron chi connectivity index (χ3n) is 1.70. The second-order valence-electron chi connectivity index (χ2n) is 2.63. The van der Waals surface area contributed by atoms with Gasteiger partial charge in [0.15, 0.2) is 0 Å². The van der Waals surface area contributed by atoms with E-state index in [2.05, 4.69) is 0 Å². The van der Waals surface area contributed by atoms with E-state index in [1.54, 1.807) is 0 Å². The Morgan fingerprint density at radius 1 is 1.42 bits per heavy atom. The Labute approximate surface area is 71.7 Å². The second-order valence-corrected chi connectivity index (χ2v) is 4.04. The number of alkyl halides is 3. The molecule has 70 valence electrons. The highest BCUT2D eigenvalue weighted by Gasteiger charge is 2.46.